The summed E-state index contributed by atoms with van der Waals surface area (Å²) in [5.74, 6) is 0. The molecule has 1 heterocycles. The second kappa shape index (κ2) is 6.87. The Balaban J connectivity index is 2.46. The maximum absolute atomic E-state index is 11.9. The molecule has 2 amide bonds. The van der Waals surface area contributed by atoms with E-state index >= 15 is 0 Å². The summed E-state index contributed by atoms with van der Waals surface area (Å²) < 4.78 is 0.758. The lowest BCUT2D eigenvalue weighted by Gasteiger charge is -2.21. The van der Waals surface area contributed by atoms with Crippen molar-refractivity contribution in [2.24, 2.45) is 0 Å². The number of nitrogens with zero attached hydrogens (tertiary/aromatic N) is 1. The van der Waals surface area contributed by atoms with Crippen molar-refractivity contribution >= 4 is 29.0 Å². The summed E-state index contributed by atoms with van der Waals surface area (Å²) in [6.07, 6.45) is 1.92. The van der Waals surface area contributed by atoms with Gasteiger partial charge in [-0.3, -0.25) is 0 Å². The molecule has 0 aliphatic heterocycles. The second-order valence-corrected chi connectivity index (χ2v) is 5.82. The van der Waals surface area contributed by atoms with Crippen LogP contribution in [0.15, 0.2) is 12.1 Å². The molecule has 3 nitrogen and oxygen atoms in total. The third-order valence-electron chi connectivity index (χ3n) is 2.68. The number of thiophene rings is 1. The van der Waals surface area contributed by atoms with Crippen molar-refractivity contribution in [1.29, 1.82) is 0 Å². The molecule has 1 aromatic rings. The van der Waals surface area contributed by atoms with Gasteiger partial charge in [0.15, 0.2) is 0 Å². The molecule has 96 valence electrons. The minimum Gasteiger partial charge on any atom is -0.335 e. The summed E-state index contributed by atoms with van der Waals surface area (Å²) in [6.45, 7) is 4.75. The molecule has 1 N–H and O–H groups in total. The van der Waals surface area contributed by atoms with Gasteiger partial charge in [0.05, 0.1) is 10.9 Å². The van der Waals surface area contributed by atoms with Crippen LogP contribution in [0.5, 0.6) is 0 Å². The fourth-order valence-corrected chi connectivity index (χ4v) is 2.66. The van der Waals surface area contributed by atoms with Crippen LogP contribution >= 0.6 is 22.9 Å². The molecule has 0 saturated heterocycles. The first-order chi connectivity index (χ1) is 8.06. The summed E-state index contributed by atoms with van der Waals surface area (Å²) in [7, 11) is 1.80. The van der Waals surface area contributed by atoms with Crippen LogP contribution in [0.2, 0.25) is 4.34 Å². The van der Waals surface area contributed by atoms with Gasteiger partial charge in [0.25, 0.3) is 0 Å². The summed E-state index contributed by atoms with van der Waals surface area (Å²) in [5, 5.41) is 3.00. The first-order valence-corrected chi connectivity index (χ1v) is 7.02. The van der Waals surface area contributed by atoms with Crippen LogP contribution in [0.1, 0.15) is 31.6 Å². The van der Waals surface area contributed by atoms with Crippen LogP contribution in [-0.4, -0.2) is 24.0 Å². The molecule has 0 unspecified atom stereocenters. The van der Waals surface area contributed by atoms with Gasteiger partial charge in [-0.1, -0.05) is 25.4 Å². The number of nitrogens with one attached hydrogen (secondary N) is 1. The Morgan fingerprint density at radius 1 is 1.47 bits per heavy atom. The molecule has 0 aliphatic rings. The highest BCUT2D eigenvalue weighted by Crippen LogP contribution is 2.22. The quantitative estimate of drug-likeness (QED) is 0.872. The average molecular weight is 275 g/mol. The SMILES string of the molecule is CCC(CC)NC(=O)N(C)Cc1ccc(Cl)s1. The van der Waals surface area contributed by atoms with Gasteiger partial charge >= 0.3 is 6.03 Å². The Kier molecular flexibility index (Phi) is 5.78. The van der Waals surface area contributed by atoms with Crippen LogP contribution in [0.4, 0.5) is 4.79 Å². The van der Waals surface area contributed by atoms with Gasteiger partial charge in [-0.2, -0.15) is 0 Å². The maximum atomic E-state index is 11.9. The van der Waals surface area contributed by atoms with Crippen molar-refractivity contribution in [3.05, 3.63) is 21.3 Å². The highest BCUT2D eigenvalue weighted by atomic mass is 35.5. The van der Waals surface area contributed by atoms with Crippen LogP contribution in [0.3, 0.4) is 0 Å². The molecule has 17 heavy (non-hydrogen) atoms. The first kappa shape index (κ1) is 14.3. The smallest absolute Gasteiger partial charge is 0.317 e. The molecule has 0 saturated carbocycles. The number of halogens is 1. The number of urea groups is 1. The van der Waals surface area contributed by atoms with Gasteiger partial charge in [0, 0.05) is 18.0 Å². The topological polar surface area (TPSA) is 32.3 Å². The standard InChI is InChI=1S/C12H19ClN2OS/c1-4-9(5-2)14-12(16)15(3)8-10-6-7-11(13)17-10/h6-7,9H,4-5,8H2,1-3H3,(H,14,16). The van der Waals surface area contributed by atoms with Crippen molar-refractivity contribution in [1.82, 2.24) is 10.2 Å². The first-order valence-electron chi connectivity index (χ1n) is 5.82. The summed E-state index contributed by atoms with van der Waals surface area (Å²) in [4.78, 5) is 14.6. The summed E-state index contributed by atoms with van der Waals surface area (Å²) in [6, 6.07) is 4.04. The molecule has 5 heteroatoms. The van der Waals surface area contributed by atoms with Gasteiger partial charge in [0.1, 0.15) is 0 Å². The maximum Gasteiger partial charge on any atom is 0.317 e. The zero-order chi connectivity index (χ0) is 12.8. The van der Waals surface area contributed by atoms with Crippen molar-refractivity contribution in [2.45, 2.75) is 39.3 Å². The van der Waals surface area contributed by atoms with E-state index in [2.05, 4.69) is 19.2 Å². The van der Waals surface area contributed by atoms with E-state index in [1.807, 2.05) is 12.1 Å². The molecule has 1 aromatic heterocycles. The average Bonchev–Trinajstić information content (AvgIpc) is 2.71. The van der Waals surface area contributed by atoms with Crippen LogP contribution < -0.4 is 5.32 Å². The molecule has 0 radical (unpaired) electrons. The number of carbonyl (C=O) groups excluding carboxylic acids is 1. The Bertz CT molecular complexity index is 363. The highest BCUT2D eigenvalue weighted by molar-refractivity contribution is 7.16. The number of hydrogen-bond donors (Lipinski definition) is 1. The van der Waals surface area contributed by atoms with Crippen LogP contribution in [-0.2, 0) is 6.54 Å². The lowest BCUT2D eigenvalue weighted by Crippen LogP contribution is -2.42. The van der Waals surface area contributed by atoms with E-state index in [1.54, 1.807) is 11.9 Å². The van der Waals surface area contributed by atoms with E-state index in [1.165, 1.54) is 11.3 Å². The molecule has 0 bridgehead atoms. The number of rotatable bonds is 5. The third-order valence-corrected chi connectivity index (χ3v) is 3.90. The number of hydrogen-bond acceptors (Lipinski definition) is 2. The van der Waals surface area contributed by atoms with E-state index in [9.17, 15) is 4.79 Å². The van der Waals surface area contributed by atoms with E-state index in [0.717, 1.165) is 22.1 Å². The molecule has 0 fully saturated rings. The van der Waals surface area contributed by atoms with Crippen molar-refractivity contribution in [3.8, 4) is 0 Å². The number of amides is 2. The Morgan fingerprint density at radius 3 is 2.59 bits per heavy atom. The van der Waals surface area contributed by atoms with E-state index in [4.69, 9.17) is 11.6 Å². The van der Waals surface area contributed by atoms with Gasteiger partial charge in [-0.15, -0.1) is 11.3 Å². The van der Waals surface area contributed by atoms with Gasteiger partial charge < -0.3 is 10.2 Å². The molecule has 0 atom stereocenters. The molecular formula is C12H19ClN2OS. The fourth-order valence-electron chi connectivity index (χ4n) is 1.52. The van der Waals surface area contributed by atoms with E-state index < -0.39 is 0 Å². The largest absolute Gasteiger partial charge is 0.335 e. The van der Waals surface area contributed by atoms with Gasteiger partial charge in [0.2, 0.25) is 0 Å². The zero-order valence-corrected chi connectivity index (χ0v) is 12.1. The lowest BCUT2D eigenvalue weighted by molar-refractivity contribution is 0.202. The minimum atomic E-state index is -0.0248. The Hall–Kier alpha value is -0.740. The van der Waals surface area contributed by atoms with Crippen molar-refractivity contribution in [2.75, 3.05) is 7.05 Å². The molecular weight excluding hydrogens is 256 g/mol. The molecule has 0 aromatic carbocycles. The van der Waals surface area contributed by atoms with Crippen molar-refractivity contribution in [3.63, 3.8) is 0 Å². The molecule has 0 spiro atoms. The normalized spacial score (nSPS) is 10.6. The lowest BCUT2D eigenvalue weighted by atomic mass is 10.2. The summed E-state index contributed by atoms with van der Waals surface area (Å²) >= 11 is 7.36. The van der Waals surface area contributed by atoms with Crippen LogP contribution in [0.25, 0.3) is 0 Å². The van der Waals surface area contributed by atoms with Crippen molar-refractivity contribution < 1.29 is 4.79 Å². The van der Waals surface area contributed by atoms with E-state index in [-0.39, 0.29) is 12.1 Å². The fraction of sp³-hybridized carbons (Fsp3) is 0.583. The predicted octanol–water partition coefficient (Wildman–Crippen LogP) is 3.73. The summed E-state index contributed by atoms with van der Waals surface area (Å²) in [5.41, 5.74) is 0. The number of carbonyl (C=O) groups is 1. The Labute approximate surface area is 112 Å². The Morgan fingerprint density at radius 2 is 2.12 bits per heavy atom. The second-order valence-electron chi connectivity index (χ2n) is 4.02. The highest BCUT2D eigenvalue weighted by Gasteiger charge is 2.13. The minimum absolute atomic E-state index is 0.0248. The third kappa shape index (κ3) is 4.56. The van der Waals surface area contributed by atoms with E-state index in [0.29, 0.717) is 6.54 Å². The van der Waals surface area contributed by atoms with Gasteiger partial charge in [-0.05, 0) is 25.0 Å². The van der Waals surface area contributed by atoms with Gasteiger partial charge in [-0.25, -0.2) is 4.79 Å². The molecule has 1 rings (SSSR count). The monoisotopic (exact) mass is 274 g/mol. The molecule has 0 aliphatic carbocycles. The predicted molar refractivity (Wildman–Crippen MR) is 73.7 cm³/mol. The zero-order valence-electron chi connectivity index (χ0n) is 10.5. The van der Waals surface area contributed by atoms with Crippen LogP contribution in [0, 0.1) is 0 Å².